The van der Waals surface area contributed by atoms with Gasteiger partial charge in [-0.15, -0.1) is 0 Å². The summed E-state index contributed by atoms with van der Waals surface area (Å²) >= 11 is 0. The van der Waals surface area contributed by atoms with E-state index in [2.05, 4.69) is 28.9 Å². The first-order chi connectivity index (χ1) is 9.69. The van der Waals surface area contributed by atoms with Crippen molar-refractivity contribution in [2.45, 2.75) is 58.2 Å². The predicted octanol–water partition coefficient (Wildman–Crippen LogP) is 2.43. The van der Waals surface area contributed by atoms with E-state index in [9.17, 15) is 4.79 Å². The van der Waals surface area contributed by atoms with E-state index in [4.69, 9.17) is 4.42 Å². The fourth-order valence-electron chi connectivity index (χ4n) is 3.43. The number of hydrogen-bond acceptors (Lipinski definition) is 3. The van der Waals surface area contributed by atoms with Crippen LogP contribution in [0.1, 0.15) is 44.6 Å². The molecule has 2 aliphatic heterocycles. The topological polar surface area (TPSA) is 36.7 Å². The number of nitrogens with zero attached hydrogens (tertiary/aromatic N) is 2. The van der Waals surface area contributed by atoms with Crippen LogP contribution in [-0.4, -0.2) is 40.9 Å². The quantitative estimate of drug-likeness (QED) is 0.847. The van der Waals surface area contributed by atoms with Gasteiger partial charge in [0, 0.05) is 25.6 Å². The number of hydrogen-bond donors (Lipinski definition) is 0. The Balaban J connectivity index is 1.68. The average Bonchev–Trinajstić information content (AvgIpc) is 3.05. The maximum atomic E-state index is 12.4. The fraction of sp³-hybridized carbons (Fsp3) is 0.688. The molecule has 0 unspecified atom stereocenters. The summed E-state index contributed by atoms with van der Waals surface area (Å²) in [6.07, 6.45) is 4.39. The van der Waals surface area contributed by atoms with Crippen molar-refractivity contribution >= 4 is 5.91 Å². The van der Waals surface area contributed by atoms with Crippen LogP contribution in [0.2, 0.25) is 0 Å². The molecule has 2 atom stereocenters. The van der Waals surface area contributed by atoms with E-state index in [1.165, 1.54) is 0 Å². The Bertz CT molecular complexity index is 483. The second kappa shape index (κ2) is 5.60. The summed E-state index contributed by atoms with van der Waals surface area (Å²) in [5.74, 6) is 2.33. The summed E-state index contributed by atoms with van der Waals surface area (Å²) in [5, 5.41) is 0. The van der Waals surface area contributed by atoms with Gasteiger partial charge in [0.25, 0.3) is 0 Å². The molecule has 0 aromatic carbocycles. The Morgan fingerprint density at radius 3 is 2.95 bits per heavy atom. The smallest absolute Gasteiger partial charge is 0.239 e. The van der Waals surface area contributed by atoms with E-state index in [-0.39, 0.29) is 6.04 Å². The van der Waals surface area contributed by atoms with Crippen molar-refractivity contribution < 1.29 is 9.21 Å². The van der Waals surface area contributed by atoms with Crippen LogP contribution in [-0.2, 0) is 17.8 Å². The molecule has 0 saturated carbocycles. The molecule has 3 rings (SSSR count). The Kier molecular flexibility index (Phi) is 3.83. The molecule has 1 amide bonds. The SMILES string of the molecule is CCCc1ccc(CN2C[C@@H]3CCCN3C(=O)[C@@H]2C)o1. The number of fused-ring (bicyclic) bond motifs is 1. The lowest BCUT2D eigenvalue weighted by Crippen LogP contribution is -2.58. The van der Waals surface area contributed by atoms with Gasteiger partial charge in [0.05, 0.1) is 12.6 Å². The van der Waals surface area contributed by atoms with E-state index in [0.29, 0.717) is 11.9 Å². The molecular weight excluding hydrogens is 252 g/mol. The molecule has 2 fully saturated rings. The molecule has 2 saturated heterocycles. The third kappa shape index (κ3) is 2.49. The van der Waals surface area contributed by atoms with Crippen LogP contribution in [0.15, 0.2) is 16.5 Å². The second-order valence-corrected chi connectivity index (χ2v) is 6.05. The zero-order valence-electron chi connectivity index (χ0n) is 12.5. The van der Waals surface area contributed by atoms with Gasteiger partial charge < -0.3 is 9.32 Å². The van der Waals surface area contributed by atoms with Gasteiger partial charge in [0.15, 0.2) is 0 Å². The average molecular weight is 276 g/mol. The van der Waals surface area contributed by atoms with Gasteiger partial charge in [-0.2, -0.15) is 0 Å². The molecule has 1 aromatic heterocycles. The number of furan rings is 1. The van der Waals surface area contributed by atoms with Crippen molar-refractivity contribution in [1.29, 1.82) is 0 Å². The molecule has 1 aromatic rings. The van der Waals surface area contributed by atoms with Crippen molar-refractivity contribution in [2.24, 2.45) is 0 Å². The molecule has 4 heteroatoms. The summed E-state index contributed by atoms with van der Waals surface area (Å²) in [4.78, 5) is 16.7. The van der Waals surface area contributed by atoms with E-state index >= 15 is 0 Å². The van der Waals surface area contributed by atoms with Crippen molar-refractivity contribution in [3.8, 4) is 0 Å². The highest BCUT2D eigenvalue weighted by atomic mass is 16.3. The van der Waals surface area contributed by atoms with Crippen LogP contribution in [0, 0.1) is 0 Å². The number of carbonyl (C=O) groups excluding carboxylic acids is 1. The van der Waals surface area contributed by atoms with Crippen LogP contribution in [0.3, 0.4) is 0 Å². The highest BCUT2D eigenvalue weighted by Crippen LogP contribution is 2.27. The number of rotatable bonds is 4. The lowest BCUT2D eigenvalue weighted by atomic mass is 10.1. The van der Waals surface area contributed by atoms with Crippen LogP contribution < -0.4 is 0 Å². The van der Waals surface area contributed by atoms with Crippen LogP contribution in [0.5, 0.6) is 0 Å². The van der Waals surface area contributed by atoms with Gasteiger partial charge in [0.1, 0.15) is 11.5 Å². The van der Waals surface area contributed by atoms with Gasteiger partial charge >= 0.3 is 0 Å². The number of carbonyl (C=O) groups is 1. The highest BCUT2D eigenvalue weighted by Gasteiger charge is 2.40. The lowest BCUT2D eigenvalue weighted by Gasteiger charge is -2.41. The Morgan fingerprint density at radius 1 is 1.35 bits per heavy atom. The summed E-state index contributed by atoms with van der Waals surface area (Å²) in [6.45, 7) is 6.86. The van der Waals surface area contributed by atoms with Gasteiger partial charge in [0.2, 0.25) is 5.91 Å². The van der Waals surface area contributed by atoms with Crippen LogP contribution in [0.25, 0.3) is 0 Å². The molecule has 3 heterocycles. The monoisotopic (exact) mass is 276 g/mol. The summed E-state index contributed by atoms with van der Waals surface area (Å²) in [7, 11) is 0. The van der Waals surface area contributed by atoms with Gasteiger partial charge in [-0.1, -0.05) is 6.92 Å². The maximum Gasteiger partial charge on any atom is 0.239 e. The maximum absolute atomic E-state index is 12.4. The Hall–Kier alpha value is -1.29. The summed E-state index contributed by atoms with van der Waals surface area (Å²) < 4.78 is 5.86. The molecule has 0 N–H and O–H groups in total. The number of aryl methyl sites for hydroxylation is 1. The van der Waals surface area contributed by atoms with Crippen LogP contribution in [0.4, 0.5) is 0 Å². The first kappa shape index (κ1) is 13.7. The number of piperazine rings is 1. The van der Waals surface area contributed by atoms with Crippen molar-refractivity contribution in [1.82, 2.24) is 9.80 Å². The summed E-state index contributed by atoms with van der Waals surface area (Å²) in [6, 6.07) is 4.52. The minimum Gasteiger partial charge on any atom is -0.465 e. The third-order valence-corrected chi connectivity index (χ3v) is 4.58. The second-order valence-electron chi connectivity index (χ2n) is 6.05. The zero-order chi connectivity index (χ0) is 14.1. The first-order valence-corrected chi connectivity index (χ1v) is 7.81. The minimum atomic E-state index is -0.0240. The third-order valence-electron chi connectivity index (χ3n) is 4.58. The molecule has 0 aliphatic carbocycles. The van der Waals surface area contributed by atoms with E-state index < -0.39 is 0 Å². The molecule has 0 spiro atoms. The van der Waals surface area contributed by atoms with Gasteiger partial charge in [-0.3, -0.25) is 9.69 Å². The van der Waals surface area contributed by atoms with E-state index in [0.717, 1.165) is 56.8 Å². The zero-order valence-corrected chi connectivity index (χ0v) is 12.5. The Morgan fingerprint density at radius 2 is 2.15 bits per heavy atom. The predicted molar refractivity (Wildman–Crippen MR) is 77.3 cm³/mol. The molecule has 20 heavy (non-hydrogen) atoms. The molecule has 0 bridgehead atoms. The van der Waals surface area contributed by atoms with E-state index in [1.54, 1.807) is 0 Å². The number of amides is 1. The molecule has 2 aliphatic rings. The minimum absolute atomic E-state index is 0.0240. The van der Waals surface area contributed by atoms with Gasteiger partial charge in [-0.05, 0) is 38.3 Å². The highest BCUT2D eigenvalue weighted by molar-refractivity contribution is 5.82. The molecule has 110 valence electrons. The van der Waals surface area contributed by atoms with Crippen LogP contribution >= 0.6 is 0 Å². The largest absolute Gasteiger partial charge is 0.465 e. The molecular formula is C16H24N2O2. The van der Waals surface area contributed by atoms with Crippen molar-refractivity contribution in [2.75, 3.05) is 13.1 Å². The normalized spacial score (nSPS) is 27.1. The van der Waals surface area contributed by atoms with E-state index in [1.807, 2.05) is 6.92 Å². The molecule has 0 radical (unpaired) electrons. The first-order valence-electron chi connectivity index (χ1n) is 7.81. The van der Waals surface area contributed by atoms with Gasteiger partial charge in [-0.25, -0.2) is 0 Å². The standard InChI is InChI=1S/C16H24N2O2/c1-3-5-14-7-8-15(20-14)11-17-10-13-6-4-9-18(13)16(19)12(17)2/h7-8,12-13H,3-6,9-11H2,1-2H3/t12-,13-/m0/s1. The van der Waals surface area contributed by atoms with Crippen molar-refractivity contribution in [3.05, 3.63) is 23.7 Å². The Labute approximate surface area is 120 Å². The fourth-order valence-corrected chi connectivity index (χ4v) is 3.43. The molecule has 4 nitrogen and oxygen atoms in total. The van der Waals surface area contributed by atoms with Crippen molar-refractivity contribution in [3.63, 3.8) is 0 Å². The lowest BCUT2D eigenvalue weighted by molar-refractivity contribution is -0.143. The summed E-state index contributed by atoms with van der Waals surface area (Å²) in [5.41, 5.74) is 0.